The van der Waals surface area contributed by atoms with Crippen LogP contribution in [0.4, 0.5) is 0 Å². The second-order valence-electron chi connectivity index (χ2n) is 7.21. The Morgan fingerprint density at radius 3 is 2.14 bits per heavy atom. The largest absolute Gasteiger partial charge is 0.342 e. The van der Waals surface area contributed by atoms with E-state index in [9.17, 15) is 9.59 Å². The van der Waals surface area contributed by atoms with E-state index >= 15 is 0 Å². The highest BCUT2D eigenvalue weighted by Gasteiger charge is 2.52. The Morgan fingerprint density at radius 2 is 1.71 bits per heavy atom. The molecule has 0 aromatic carbocycles. The van der Waals surface area contributed by atoms with Crippen LogP contribution in [0.25, 0.3) is 0 Å². The molecule has 4 nitrogen and oxygen atoms in total. The highest BCUT2D eigenvalue weighted by Crippen LogP contribution is 2.48. The van der Waals surface area contributed by atoms with Crippen LogP contribution >= 0.6 is 0 Å². The smallest absolute Gasteiger partial charge is 0.246 e. The molecule has 1 saturated heterocycles. The van der Waals surface area contributed by atoms with Crippen LogP contribution in [0.1, 0.15) is 59.3 Å². The van der Waals surface area contributed by atoms with Gasteiger partial charge in [0.15, 0.2) is 0 Å². The lowest BCUT2D eigenvalue weighted by atomic mass is 9.90. The Hall–Kier alpha value is -1.06. The minimum absolute atomic E-state index is 0.0636. The molecule has 0 bridgehead atoms. The Kier molecular flexibility index (Phi) is 3.98. The summed E-state index contributed by atoms with van der Waals surface area (Å²) in [5, 5.41) is 2.99. The lowest BCUT2D eigenvalue weighted by molar-refractivity contribution is -0.155. The summed E-state index contributed by atoms with van der Waals surface area (Å²) in [7, 11) is 0. The van der Waals surface area contributed by atoms with Crippen molar-refractivity contribution in [2.75, 3.05) is 0 Å². The predicted octanol–water partition coefficient (Wildman–Crippen LogP) is 2.33. The average molecular weight is 292 g/mol. The van der Waals surface area contributed by atoms with E-state index in [4.69, 9.17) is 0 Å². The molecule has 118 valence electrons. The predicted molar refractivity (Wildman–Crippen MR) is 81.5 cm³/mol. The molecule has 3 aliphatic rings. The molecular formula is C17H28N2O2. The molecular weight excluding hydrogens is 264 g/mol. The van der Waals surface area contributed by atoms with E-state index in [1.165, 1.54) is 25.7 Å². The molecule has 21 heavy (non-hydrogen) atoms. The average Bonchev–Trinajstić information content (AvgIpc) is 3.35. The molecule has 0 radical (unpaired) electrons. The summed E-state index contributed by atoms with van der Waals surface area (Å²) in [4.78, 5) is 27.6. The molecule has 3 atom stereocenters. The maximum atomic E-state index is 13.1. The SMILES string of the molecule is CCC(C)C1NC(=O)C(CC)N(C(C2CC2)C2CC2)C1=O. The molecule has 1 heterocycles. The van der Waals surface area contributed by atoms with Crippen molar-refractivity contribution in [3.8, 4) is 0 Å². The zero-order chi connectivity index (χ0) is 15.1. The number of piperazine rings is 1. The van der Waals surface area contributed by atoms with Crippen LogP contribution in [0, 0.1) is 17.8 Å². The van der Waals surface area contributed by atoms with Crippen molar-refractivity contribution in [3.63, 3.8) is 0 Å². The van der Waals surface area contributed by atoms with E-state index in [2.05, 4.69) is 19.2 Å². The van der Waals surface area contributed by atoms with Crippen molar-refractivity contribution >= 4 is 11.8 Å². The van der Waals surface area contributed by atoms with Crippen molar-refractivity contribution in [2.45, 2.75) is 77.4 Å². The van der Waals surface area contributed by atoms with Gasteiger partial charge in [-0.3, -0.25) is 9.59 Å². The zero-order valence-electron chi connectivity index (χ0n) is 13.5. The topological polar surface area (TPSA) is 49.4 Å². The normalized spacial score (nSPS) is 31.5. The number of carbonyl (C=O) groups is 2. The Labute approximate surface area is 127 Å². The Bertz CT molecular complexity index is 417. The first-order valence-corrected chi connectivity index (χ1v) is 8.71. The number of rotatable bonds is 6. The van der Waals surface area contributed by atoms with Crippen molar-refractivity contribution in [2.24, 2.45) is 17.8 Å². The number of hydrogen-bond acceptors (Lipinski definition) is 2. The fourth-order valence-electron chi connectivity index (χ4n) is 3.82. The lowest BCUT2D eigenvalue weighted by Gasteiger charge is -2.45. The minimum Gasteiger partial charge on any atom is -0.342 e. The second-order valence-corrected chi connectivity index (χ2v) is 7.21. The van der Waals surface area contributed by atoms with Crippen LogP contribution < -0.4 is 5.32 Å². The third kappa shape index (κ3) is 2.69. The molecule has 0 spiro atoms. The van der Waals surface area contributed by atoms with Gasteiger partial charge in [0.1, 0.15) is 12.1 Å². The number of amides is 2. The third-order valence-electron chi connectivity index (χ3n) is 5.59. The fourth-order valence-corrected chi connectivity index (χ4v) is 3.82. The van der Waals surface area contributed by atoms with Crippen molar-refractivity contribution in [1.29, 1.82) is 0 Å². The van der Waals surface area contributed by atoms with Gasteiger partial charge in [-0.25, -0.2) is 0 Å². The summed E-state index contributed by atoms with van der Waals surface area (Å²) < 4.78 is 0. The van der Waals surface area contributed by atoms with E-state index in [1.807, 2.05) is 11.8 Å². The van der Waals surface area contributed by atoms with Crippen molar-refractivity contribution in [1.82, 2.24) is 10.2 Å². The minimum atomic E-state index is -0.315. The summed E-state index contributed by atoms with van der Waals surface area (Å²) in [6.07, 6.45) is 6.57. The molecule has 1 aliphatic heterocycles. The van der Waals surface area contributed by atoms with Crippen LogP contribution in [0.15, 0.2) is 0 Å². The zero-order valence-corrected chi connectivity index (χ0v) is 13.5. The monoisotopic (exact) mass is 292 g/mol. The van der Waals surface area contributed by atoms with Gasteiger partial charge < -0.3 is 10.2 Å². The van der Waals surface area contributed by atoms with E-state index in [-0.39, 0.29) is 29.8 Å². The van der Waals surface area contributed by atoms with Crippen LogP contribution in [0.3, 0.4) is 0 Å². The van der Waals surface area contributed by atoms with E-state index < -0.39 is 0 Å². The lowest BCUT2D eigenvalue weighted by Crippen LogP contribution is -2.67. The van der Waals surface area contributed by atoms with Crippen LogP contribution in [-0.4, -0.2) is 34.8 Å². The van der Waals surface area contributed by atoms with Crippen LogP contribution in [0.2, 0.25) is 0 Å². The van der Waals surface area contributed by atoms with Crippen molar-refractivity contribution in [3.05, 3.63) is 0 Å². The van der Waals surface area contributed by atoms with Crippen LogP contribution in [-0.2, 0) is 9.59 Å². The van der Waals surface area contributed by atoms with Gasteiger partial charge in [-0.1, -0.05) is 27.2 Å². The van der Waals surface area contributed by atoms with Gasteiger partial charge in [-0.05, 0) is 49.9 Å². The fraction of sp³-hybridized carbons (Fsp3) is 0.882. The van der Waals surface area contributed by atoms with Gasteiger partial charge in [-0.2, -0.15) is 0 Å². The molecule has 3 unspecified atom stereocenters. The van der Waals surface area contributed by atoms with E-state index in [1.54, 1.807) is 0 Å². The molecule has 3 fully saturated rings. The number of carbonyl (C=O) groups excluding carboxylic acids is 2. The quantitative estimate of drug-likeness (QED) is 0.817. The number of nitrogens with zero attached hydrogens (tertiary/aromatic N) is 1. The third-order valence-corrected chi connectivity index (χ3v) is 5.59. The Balaban J connectivity index is 1.88. The van der Waals surface area contributed by atoms with E-state index in [0.29, 0.717) is 17.9 Å². The van der Waals surface area contributed by atoms with Gasteiger partial charge in [0.05, 0.1) is 0 Å². The molecule has 0 aromatic rings. The Morgan fingerprint density at radius 1 is 1.14 bits per heavy atom. The molecule has 2 amide bonds. The van der Waals surface area contributed by atoms with Gasteiger partial charge in [0.2, 0.25) is 11.8 Å². The first-order valence-electron chi connectivity index (χ1n) is 8.71. The number of hydrogen-bond donors (Lipinski definition) is 1. The van der Waals surface area contributed by atoms with Gasteiger partial charge in [-0.15, -0.1) is 0 Å². The molecule has 1 N–H and O–H groups in total. The van der Waals surface area contributed by atoms with Gasteiger partial charge in [0.25, 0.3) is 0 Å². The van der Waals surface area contributed by atoms with Gasteiger partial charge in [0, 0.05) is 6.04 Å². The second kappa shape index (κ2) is 5.62. The maximum absolute atomic E-state index is 13.1. The van der Waals surface area contributed by atoms with E-state index in [0.717, 1.165) is 12.8 Å². The molecule has 4 heteroatoms. The van der Waals surface area contributed by atoms with Gasteiger partial charge >= 0.3 is 0 Å². The molecule has 2 saturated carbocycles. The standard InChI is InChI=1S/C17H28N2O2/c1-4-10(3)14-17(21)19(13(5-2)16(20)18-14)15(11-6-7-11)12-8-9-12/h10-15H,4-9H2,1-3H3,(H,18,20). The summed E-state index contributed by atoms with van der Waals surface area (Å²) in [5.74, 6) is 1.76. The van der Waals surface area contributed by atoms with Crippen molar-refractivity contribution < 1.29 is 9.59 Å². The van der Waals surface area contributed by atoms with Crippen LogP contribution in [0.5, 0.6) is 0 Å². The first kappa shape index (κ1) is 14.9. The highest BCUT2D eigenvalue weighted by atomic mass is 16.2. The molecule has 0 aromatic heterocycles. The summed E-state index contributed by atoms with van der Waals surface area (Å²) >= 11 is 0. The molecule has 3 rings (SSSR count). The summed E-state index contributed by atoms with van der Waals surface area (Å²) in [6, 6.07) is -0.227. The number of nitrogens with one attached hydrogen (secondary N) is 1. The summed E-state index contributed by atoms with van der Waals surface area (Å²) in [5.41, 5.74) is 0. The first-order chi connectivity index (χ1) is 10.1. The highest BCUT2D eigenvalue weighted by molar-refractivity contribution is 5.97. The summed E-state index contributed by atoms with van der Waals surface area (Å²) in [6.45, 7) is 6.17. The maximum Gasteiger partial charge on any atom is 0.246 e. The molecule has 2 aliphatic carbocycles.